The molecule has 0 amide bonds. The lowest BCUT2D eigenvalue weighted by molar-refractivity contribution is -0.139. The number of hydrogen-bond acceptors (Lipinski definition) is 5. The zero-order valence-electron chi connectivity index (χ0n) is 24.8. The smallest absolute Gasteiger partial charge is 0.343 e. The minimum atomic E-state index is -0.379. The summed E-state index contributed by atoms with van der Waals surface area (Å²) in [5.74, 6) is 0.616. The summed E-state index contributed by atoms with van der Waals surface area (Å²) < 4.78 is 19.0. The number of aromatic nitrogens is 1. The number of hydrogen-bond donors (Lipinski definition) is 0. The molecule has 0 saturated heterocycles. The van der Waals surface area contributed by atoms with Crippen LogP contribution in [0.15, 0.2) is 103 Å². The van der Waals surface area contributed by atoms with E-state index in [2.05, 4.69) is 30.2 Å². The van der Waals surface area contributed by atoms with Crippen molar-refractivity contribution in [3.05, 3.63) is 109 Å². The van der Waals surface area contributed by atoms with Crippen LogP contribution in [0.2, 0.25) is 0 Å². The van der Waals surface area contributed by atoms with Crippen LogP contribution in [0.5, 0.6) is 11.5 Å². The number of fused-ring (bicyclic) bond motifs is 3. The quantitative estimate of drug-likeness (QED) is 0.0608. The largest absolute Gasteiger partial charge is 0.494 e. The number of benzene rings is 4. The molecule has 43 heavy (non-hydrogen) atoms. The van der Waals surface area contributed by atoms with Gasteiger partial charge in [-0.05, 0) is 99.2 Å². The molecule has 1 heterocycles. The molecule has 0 fully saturated rings. The number of esters is 2. The lowest BCUT2D eigenvalue weighted by Crippen LogP contribution is -2.08. The average molecular weight is 576 g/mol. The Balaban J connectivity index is 1.11. The van der Waals surface area contributed by atoms with Gasteiger partial charge in [0.2, 0.25) is 0 Å². The molecule has 0 saturated carbocycles. The van der Waals surface area contributed by atoms with Crippen molar-refractivity contribution < 1.29 is 23.8 Å². The predicted molar refractivity (Wildman–Crippen MR) is 172 cm³/mol. The Kier molecular flexibility index (Phi) is 9.57. The summed E-state index contributed by atoms with van der Waals surface area (Å²) in [7, 11) is 0. The number of carbonyl (C=O) groups is 2. The first-order valence-corrected chi connectivity index (χ1v) is 14.8. The van der Waals surface area contributed by atoms with Gasteiger partial charge in [0.15, 0.2) is 0 Å². The molecule has 0 bridgehead atoms. The zero-order chi connectivity index (χ0) is 30.2. The Bertz CT molecular complexity index is 1730. The van der Waals surface area contributed by atoms with E-state index in [0.29, 0.717) is 30.1 Å². The lowest BCUT2D eigenvalue weighted by atomic mass is 10.1. The van der Waals surface area contributed by atoms with Gasteiger partial charge in [-0.15, -0.1) is 0 Å². The molecule has 0 N–H and O–H groups in total. The predicted octanol–water partition coefficient (Wildman–Crippen LogP) is 8.76. The molecule has 0 unspecified atom stereocenters. The van der Waals surface area contributed by atoms with Gasteiger partial charge in [0.1, 0.15) is 11.5 Å². The molecule has 0 aliphatic rings. The third-order valence-corrected chi connectivity index (χ3v) is 7.47. The Morgan fingerprint density at radius 1 is 0.721 bits per heavy atom. The van der Waals surface area contributed by atoms with Gasteiger partial charge >= 0.3 is 11.9 Å². The van der Waals surface area contributed by atoms with E-state index in [1.807, 2.05) is 78.9 Å². The number of ether oxygens (including phenoxy) is 3. The van der Waals surface area contributed by atoms with Crippen molar-refractivity contribution in [2.75, 3.05) is 13.2 Å². The Morgan fingerprint density at radius 3 is 2.02 bits per heavy atom. The summed E-state index contributed by atoms with van der Waals surface area (Å²) >= 11 is 0. The topological polar surface area (TPSA) is 66.8 Å². The van der Waals surface area contributed by atoms with Gasteiger partial charge in [-0.3, -0.25) is 0 Å². The second-order valence-electron chi connectivity index (χ2n) is 10.6. The summed E-state index contributed by atoms with van der Waals surface area (Å²) in [5, 5.41) is 2.18. The number of para-hydroxylation sites is 1. The third kappa shape index (κ3) is 7.15. The molecular formula is C37H37NO5. The van der Waals surface area contributed by atoms with E-state index in [-0.39, 0.29) is 11.9 Å². The molecule has 1 aromatic heterocycles. The van der Waals surface area contributed by atoms with Crippen molar-refractivity contribution in [1.82, 2.24) is 4.57 Å². The Labute approximate surface area is 252 Å². The van der Waals surface area contributed by atoms with E-state index in [1.54, 1.807) is 6.92 Å². The van der Waals surface area contributed by atoms with Crippen LogP contribution < -0.4 is 9.47 Å². The fourth-order valence-corrected chi connectivity index (χ4v) is 5.18. The second kappa shape index (κ2) is 13.9. The summed E-state index contributed by atoms with van der Waals surface area (Å²) in [6.45, 7) is 9.28. The van der Waals surface area contributed by atoms with Crippen LogP contribution in [0.3, 0.4) is 0 Å². The second-order valence-corrected chi connectivity index (χ2v) is 10.6. The molecule has 5 rings (SSSR count). The molecule has 5 aromatic rings. The highest BCUT2D eigenvalue weighted by molar-refractivity contribution is 6.10. The van der Waals surface area contributed by atoms with Crippen molar-refractivity contribution in [3.8, 4) is 22.6 Å². The van der Waals surface area contributed by atoms with E-state index in [4.69, 9.17) is 14.2 Å². The van der Waals surface area contributed by atoms with Crippen molar-refractivity contribution in [2.24, 2.45) is 0 Å². The number of unbranched alkanes of at least 4 members (excludes halogenated alkanes) is 3. The molecule has 0 spiro atoms. The molecule has 220 valence electrons. The highest BCUT2D eigenvalue weighted by Gasteiger charge is 2.14. The molecule has 4 aromatic carbocycles. The average Bonchev–Trinajstić information content (AvgIpc) is 3.35. The number of carbonyl (C=O) groups excluding carboxylic acids is 2. The maximum absolute atomic E-state index is 13.0. The van der Waals surface area contributed by atoms with E-state index >= 15 is 0 Å². The van der Waals surface area contributed by atoms with Crippen molar-refractivity contribution in [1.29, 1.82) is 0 Å². The molecule has 6 heteroatoms. The van der Waals surface area contributed by atoms with Crippen LogP contribution in [0, 0.1) is 0 Å². The highest BCUT2D eigenvalue weighted by atomic mass is 16.5. The Hall–Kier alpha value is -4.84. The maximum Gasteiger partial charge on any atom is 0.343 e. The van der Waals surface area contributed by atoms with Gasteiger partial charge in [-0.25, -0.2) is 9.59 Å². The standard InChI is InChI=1S/C37H37NO5/c1-4-38-34-12-8-7-11-32(34)33-25-29(17-22-35(33)38)37(40)43-31-20-15-28(16-21-31)27-13-18-30(19-14-27)41-23-9-5-6-10-24-42-36(39)26(2)3/h7-8,11-22,25H,2,4-6,9-10,23-24H2,1,3H3. The number of rotatable bonds is 13. The minimum absolute atomic E-state index is 0.326. The van der Waals surface area contributed by atoms with Gasteiger partial charge in [0.25, 0.3) is 0 Å². The summed E-state index contributed by atoms with van der Waals surface area (Å²) in [5.41, 5.74) is 5.29. The van der Waals surface area contributed by atoms with Crippen LogP contribution in [-0.4, -0.2) is 29.7 Å². The van der Waals surface area contributed by atoms with Gasteiger partial charge < -0.3 is 18.8 Å². The molecular weight excluding hydrogens is 538 g/mol. The van der Waals surface area contributed by atoms with Crippen LogP contribution in [0.25, 0.3) is 32.9 Å². The molecule has 6 nitrogen and oxygen atoms in total. The normalized spacial score (nSPS) is 11.0. The fraction of sp³-hybridized carbons (Fsp3) is 0.243. The fourth-order valence-electron chi connectivity index (χ4n) is 5.18. The molecule has 0 aliphatic carbocycles. The Morgan fingerprint density at radius 2 is 1.35 bits per heavy atom. The van der Waals surface area contributed by atoms with Crippen molar-refractivity contribution in [3.63, 3.8) is 0 Å². The first-order chi connectivity index (χ1) is 20.9. The first kappa shape index (κ1) is 29.6. The van der Waals surface area contributed by atoms with E-state index in [9.17, 15) is 9.59 Å². The summed E-state index contributed by atoms with van der Waals surface area (Å²) in [6.07, 6.45) is 3.77. The van der Waals surface area contributed by atoms with Gasteiger partial charge in [0, 0.05) is 33.9 Å². The summed E-state index contributed by atoms with van der Waals surface area (Å²) in [6, 6.07) is 29.5. The maximum atomic E-state index is 13.0. The molecule has 0 aliphatic heterocycles. The molecule has 0 atom stereocenters. The van der Waals surface area contributed by atoms with Crippen LogP contribution in [0.1, 0.15) is 49.9 Å². The first-order valence-electron chi connectivity index (χ1n) is 14.8. The number of aryl methyl sites for hydroxylation is 1. The minimum Gasteiger partial charge on any atom is -0.494 e. The molecule has 0 radical (unpaired) electrons. The van der Waals surface area contributed by atoms with Crippen molar-refractivity contribution in [2.45, 2.75) is 46.1 Å². The van der Waals surface area contributed by atoms with E-state index in [1.165, 1.54) is 0 Å². The summed E-state index contributed by atoms with van der Waals surface area (Å²) in [4.78, 5) is 24.4. The lowest BCUT2D eigenvalue weighted by Gasteiger charge is -2.09. The van der Waals surface area contributed by atoms with Crippen molar-refractivity contribution >= 4 is 33.7 Å². The van der Waals surface area contributed by atoms with Crippen LogP contribution in [-0.2, 0) is 16.1 Å². The van der Waals surface area contributed by atoms with Gasteiger partial charge in [-0.2, -0.15) is 0 Å². The van der Waals surface area contributed by atoms with E-state index < -0.39 is 0 Å². The third-order valence-electron chi connectivity index (χ3n) is 7.47. The van der Waals surface area contributed by atoms with Gasteiger partial charge in [0.05, 0.1) is 18.8 Å². The zero-order valence-corrected chi connectivity index (χ0v) is 24.8. The highest BCUT2D eigenvalue weighted by Crippen LogP contribution is 2.30. The van der Waals surface area contributed by atoms with Gasteiger partial charge in [-0.1, -0.05) is 49.0 Å². The number of nitrogens with zero attached hydrogens (tertiary/aromatic N) is 1. The van der Waals surface area contributed by atoms with E-state index in [0.717, 1.165) is 70.9 Å². The van der Waals surface area contributed by atoms with Crippen LogP contribution >= 0.6 is 0 Å². The van der Waals surface area contributed by atoms with Crippen LogP contribution in [0.4, 0.5) is 0 Å². The monoisotopic (exact) mass is 575 g/mol. The SMILES string of the molecule is C=C(C)C(=O)OCCCCCCOc1ccc(-c2ccc(OC(=O)c3ccc4c(c3)c3ccccc3n4CC)cc2)cc1.